The molecule has 0 aliphatic heterocycles. The number of hydrogen-bond acceptors (Lipinski definition) is 3. The van der Waals surface area contributed by atoms with Crippen LogP contribution in [-0.4, -0.2) is 24.4 Å². The van der Waals surface area contributed by atoms with E-state index in [1.165, 1.54) is 0 Å². The summed E-state index contributed by atoms with van der Waals surface area (Å²) in [5.41, 5.74) is 0.943. The second-order valence-corrected chi connectivity index (χ2v) is 4.31. The fraction of sp³-hybridized carbons (Fsp3) is 0.429. The minimum Gasteiger partial charge on any atom is -0.450 e. The van der Waals surface area contributed by atoms with Gasteiger partial charge in [-0.25, -0.2) is 4.79 Å². The maximum Gasteiger partial charge on any atom is 0.407 e. The third kappa shape index (κ3) is 5.75. The Labute approximate surface area is 118 Å². The molecule has 104 valence electrons. The Morgan fingerprint density at radius 1 is 1.32 bits per heavy atom. The second-order valence-electron chi connectivity index (χ2n) is 4.04. The smallest absolute Gasteiger partial charge is 0.407 e. The van der Waals surface area contributed by atoms with Crippen molar-refractivity contribution in [2.24, 2.45) is 0 Å². The lowest BCUT2D eigenvalue weighted by atomic mass is 10.0. The first kappa shape index (κ1) is 15.5. The first-order valence-corrected chi connectivity index (χ1v) is 6.76. The van der Waals surface area contributed by atoms with E-state index in [0.717, 1.165) is 5.56 Å². The molecule has 1 aromatic carbocycles. The van der Waals surface area contributed by atoms with Gasteiger partial charge in [0, 0.05) is 6.42 Å². The molecule has 0 fully saturated rings. The molecule has 0 heterocycles. The van der Waals surface area contributed by atoms with Crippen LogP contribution in [0.4, 0.5) is 4.79 Å². The molecule has 1 N–H and O–H groups in total. The van der Waals surface area contributed by atoms with Gasteiger partial charge in [0.2, 0.25) is 0 Å². The molecule has 1 amide bonds. The topological polar surface area (TPSA) is 55.4 Å². The first-order valence-electron chi connectivity index (χ1n) is 6.23. The fourth-order valence-electron chi connectivity index (χ4n) is 1.69. The molecular formula is C14H18ClNO3. The van der Waals surface area contributed by atoms with Gasteiger partial charge in [-0.15, -0.1) is 11.6 Å². The molecule has 0 radical (unpaired) electrons. The van der Waals surface area contributed by atoms with Gasteiger partial charge >= 0.3 is 6.09 Å². The SMILES string of the molecule is CCOC(=O)NC(CCC(=O)CCl)c1ccccc1. The number of hydrogen-bond donors (Lipinski definition) is 1. The van der Waals surface area contributed by atoms with E-state index < -0.39 is 6.09 Å². The van der Waals surface area contributed by atoms with Crippen molar-refractivity contribution < 1.29 is 14.3 Å². The summed E-state index contributed by atoms with van der Waals surface area (Å²) in [5.74, 6) is -0.0331. The van der Waals surface area contributed by atoms with Crippen LogP contribution >= 0.6 is 11.6 Å². The second kappa shape index (κ2) is 8.53. The number of Topliss-reactive ketones (excluding diaryl/α,β-unsaturated/α-hetero) is 1. The van der Waals surface area contributed by atoms with Gasteiger partial charge in [-0.1, -0.05) is 30.3 Å². The number of amides is 1. The zero-order valence-corrected chi connectivity index (χ0v) is 11.7. The van der Waals surface area contributed by atoms with Gasteiger partial charge in [-0.05, 0) is 18.9 Å². The van der Waals surface area contributed by atoms with Crippen molar-refractivity contribution in [2.75, 3.05) is 12.5 Å². The molecule has 0 saturated heterocycles. The molecule has 0 spiro atoms. The van der Waals surface area contributed by atoms with Crippen molar-refractivity contribution in [3.8, 4) is 0 Å². The average Bonchev–Trinajstić information content (AvgIpc) is 2.44. The zero-order valence-electron chi connectivity index (χ0n) is 10.9. The predicted octanol–water partition coefficient (Wildman–Crippen LogP) is 3.06. The molecule has 0 aliphatic carbocycles. The number of alkyl halides is 1. The minimum atomic E-state index is -0.477. The van der Waals surface area contributed by atoms with Crippen LogP contribution in [0, 0.1) is 0 Å². The van der Waals surface area contributed by atoms with Crippen LogP contribution in [0.3, 0.4) is 0 Å². The number of ketones is 1. The summed E-state index contributed by atoms with van der Waals surface area (Å²) in [6.07, 6.45) is 0.360. The van der Waals surface area contributed by atoms with E-state index in [2.05, 4.69) is 5.32 Å². The molecule has 0 aliphatic rings. The van der Waals surface area contributed by atoms with Crippen LogP contribution in [0.15, 0.2) is 30.3 Å². The number of alkyl carbamates (subject to hydrolysis) is 1. The number of benzene rings is 1. The molecule has 5 heteroatoms. The Kier molecular flexibility index (Phi) is 6.97. The van der Waals surface area contributed by atoms with E-state index in [9.17, 15) is 9.59 Å². The summed E-state index contributed by atoms with van der Waals surface area (Å²) in [4.78, 5) is 22.8. The fourth-order valence-corrected chi connectivity index (χ4v) is 1.83. The highest BCUT2D eigenvalue weighted by molar-refractivity contribution is 6.27. The Morgan fingerprint density at radius 3 is 2.58 bits per heavy atom. The largest absolute Gasteiger partial charge is 0.450 e. The molecule has 0 bridgehead atoms. The van der Waals surface area contributed by atoms with E-state index >= 15 is 0 Å². The van der Waals surface area contributed by atoms with Gasteiger partial charge in [-0.3, -0.25) is 4.79 Å². The number of halogens is 1. The first-order chi connectivity index (χ1) is 9.17. The van der Waals surface area contributed by atoms with Crippen molar-refractivity contribution in [3.63, 3.8) is 0 Å². The van der Waals surface area contributed by atoms with Gasteiger partial charge in [0.05, 0.1) is 18.5 Å². The highest BCUT2D eigenvalue weighted by Crippen LogP contribution is 2.18. The van der Waals surface area contributed by atoms with Crippen LogP contribution in [0.2, 0.25) is 0 Å². The van der Waals surface area contributed by atoms with Crippen LogP contribution in [-0.2, 0) is 9.53 Å². The number of carbonyl (C=O) groups excluding carboxylic acids is 2. The van der Waals surface area contributed by atoms with E-state index in [-0.39, 0.29) is 17.7 Å². The Balaban J connectivity index is 2.68. The lowest BCUT2D eigenvalue weighted by Crippen LogP contribution is -2.29. The molecule has 0 saturated carbocycles. The van der Waals surface area contributed by atoms with Crippen LogP contribution in [0.5, 0.6) is 0 Å². The summed E-state index contributed by atoms with van der Waals surface area (Å²) in [5, 5.41) is 2.76. The molecular weight excluding hydrogens is 266 g/mol. The maximum atomic E-state index is 11.5. The maximum absolute atomic E-state index is 11.5. The number of carbonyl (C=O) groups is 2. The van der Waals surface area contributed by atoms with Crippen LogP contribution in [0.1, 0.15) is 31.4 Å². The van der Waals surface area contributed by atoms with Gasteiger partial charge in [0.25, 0.3) is 0 Å². The third-order valence-electron chi connectivity index (χ3n) is 2.63. The molecule has 0 aromatic heterocycles. The Hall–Kier alpha value is -1.55. The molecule has 19 heavy (non-hydrogen) atoms. The lowest BCUT2D eigenvalue weighted by molar-refractivity contribution is -0.116. The quantitative estimate of drug-likeness (QED) is 0.783. The zero-order chi connectivity index (χ0) is 14.1. The average molecular weight is 284 g/mol. The summed E-state index contributed by atoms with van der Waals surface area (Å²) in [6.45, 7) is 2.06. The summed E-state index contributed by atoms with van der Waals surface area (Å²) in [7, 11) is 0. The number of nitrogens with one attached hydrogen (secondary N) is 1. The number of rotatable bonds is 7. The van der Waals surface area contributed by atoms with Crippen LogP contribution in [0.25, 0.3) is 0 Å². The highest BCUT2D eigenvalue weighted by Gasteiger charge is 2.16. The molecule has 1 aromatic rings. The molecule has 1 rings (SSSR count). The Bertz CT molecular complexity index is 408. The summed E-state index contributed by atoms with van der Waals surface area (Å²) < 4.78 is 4.87. The highest BCUT2D eigenvalue weighted by atomic mass is 35.5. The van der Waals surface area contributed by atoms with E-state index in [1.54, 1.807) is 6.92 Å². The van der Waals surface area contributed by atoms with Crippen molar-refractivity contribution in [3.05, 3.63) is 35.9 Å². The van der Waals surface area contributed by atoms with Crippen molar-refractivity contribution in [2.45, 2.75) is 25.8 Å². The third-order valence-corrected chi connectivity index (χ3v) is 2.93. The van der Waals surface area contributed by atoms with E-state index in [0.29, 0.717) is 19.4 Å². The van der Waals surface area contributed by atoms with Crippen molar-refractivity contribution in [1.29, 1.82) is 0 Å². The monoisotopic (exact) mass is 283 g/mol. The van der Waals surface area contributed by atoms with E-state index in [4.69, 9.17) is 16.3 Å². The van der Waals surface area contributed by atoms with Crippen molar-refractivity contribution >= 4 is 23.5 Å². The predicted molar refractivity (Wildman–Crippen MR) is 74.3 cm³/mol. The van der Waals surface area contributed by atoms with Crippen molar-refractivity contribution in [1.82, 2.24) is 5.32 Å². The van der Waals surface area contributed by atoms with E-state index in [1.807, 2.05) is 30.3 Å². The van der Waals surface area contributed by atoms with Gasteiger partial charge < -0.3 is 10.1 Å². The summed E-state index contributed by atoms with van der Waals surface area (Å²) >= 11 is 5.48. The van der Waals surface area contributed by atoms with Gasteiger partial charge in [0.15, 0.2) is 0 Å². The minimum absolute atomic E-state index is 0.000909. The normalized spacial score (nSPS) is 11.7. The molecule has 1 unspecified atom stereocenters. The Morgan fingerprint density at radius 2 is 2.00 bits per heavy atom. The molecule has 1 atom stereocenters. The number of ether oxygens (including phenoxy) is 1. The summed E-state index contributed by atoms with van der Waals surface area (Å²) in [6, 6.07) is 9.24. The molecule has 4 nitrogen and oxygen atoms in total. The van der Waals surface area contributed by atoms with Gasteiger partial charge in [0.1, 0.15) is 5.78 Å². The standard InChI is InChI=1S/C14H18ClNO3/c1-2-19-14(18)16-13(9-8-12(17)10-15)11-6-4-3-5-7-11/h3-7,13H,2,8-10H2,1H3,(H,16,18). The lowest BCUT2D eigenvalue weighted by Gasteiger charge is -2.18. The van der Waals surface area contributed by atoms with Gasteiger partial charge in [-0.2, -0.15) is 0 Å². The van der Waals surface area contributed by atoms with Crippen LogP contribution < -0.4 is 5.32 Å².